The van der Waals surface area contributed by atoms with E-state index in [1.54, 1.807) is 11.3 Å². The summed E-state index contributed by atoms with van der Waals surface area (Å²) >= 11 is 1.63. The van der Waals surface area contributed by atoms with E-state index in [-0.39, 0.29) is 0 Å². The molecule has 0 spiro atoms. The molecule has 2 aromatic carbocycles. The number of ether oxygens (including phenoxy) is 1. The van der Waals surface area contributed by atoms with Crippen LogP contribution in [0.2, 0.25) is 0 Å². The monoisotopic (exact) mass is 348 g/mol. The third-order valence-electron chi connectivity index (χ3n) is 3.84. The Morgan fingerprint density at radius 3 is 2.48 bits per heavy atom. The normalized spacial score (nSPS) is 10.8. The molecular formula is C20H16N2O2S. The molecule has 4 rings (SSSR count). The van der Waals surface area contributed by atoms with Crippen molar-refractivity contribution in [3.8, 4) is 33.7 Å². The lowest BCUT2D eigenvalue weighted by atomic mass is 10.2. The highest BCUT2D eigenvalue weighted by atomic mass is 32.1. The highest BCUT2D eigenvalue weighted by molar-refractivity contribution is 7.13. The average molecular weight is 348 g/mol. The van der Waals surface area contributed by atoms with Gasteiger partial charge in [0.05, 0.1) is 4.88 Å². The number of aromatic nitrogens is 2. The first-order valence-electron chi connectivity index (χ1n) is 8.07. The Morgan fingerprint density at radius 1 is 0.960 bits per heavy atom. The van der Waals surface area contributed by atoms with Gasteiger partial charge >= 0.3 is 0 Å². The van der Waals surface area contributed by atoms with Gasteiger partial charge in [-0.3, -0.25) is 0 Å². The third kappa shape index (κ3) is 3.32. The second kappa shape index (κ2) is 6.91. The van der Waals surface area contributed by atoms with E-state index in [0.717, 1.165) is 28.4 Å². The highest BCUT2D eigenvalue weighted by Crippen LogP contribution is 2.30. The SMILES string of the molecule is CCc1ccsc1-c1noc(-c2ccc(Oc3ccccc3)cc2)n1. The van der Waals surface area contributed by atoms with Crippen LogP contribution < -0.4 is 4.74 Å². The Hall–Kier alpha value is -2.92. The molecule has 0 fully saturated rings. The summed E-state index contributed by atoms with van der Waals surface area (Å²) < 4.78 is 11.2. The maximum atomic E-state index is 5.80. The Kier molecular flexibility index (Phi) is 4.31. The molecule has 0 saturated carbocycles. The number of para-hydroxylation sites is 1. The van der Waals surface area contributed by atoms with Crippen molar-refractivity contribution in [1.82, 2.24) is 10.1 Å². The average Bonchev–Trinajstić information content (AvgIpc) is 3.32. The predicted octanol–water partition coefficient (Wildman–Crippen LogP) is 5.82. The highest BCUT2D eigenvalue weighted by Gasteiger charge is 2.14. The molecule has 0 amide bonds. The zero-order valence-electron chi connectivity index (χ0n) is 13.7. The summed E-state index contributed by atoms with van der Waals surface area (Å²) in [5.41, 5.74) is 2.11. The number of hydrogen-bond acceptors (Lipinski definition) is 5. The first-order chi connectivity index (χ1) is 12.3. The molecule has 124 valence electrons. The van der Waals surface area contributed by atoms with Crippen molar-refractivity contribution in [2.75, 3.05) is 0 Å². The molecule has 0 aliphatic carbocycles. The van der Waals surface area contributed by atoms with E-state index in [9.17, 15) is 0 Å². The maximum Gasteiger partial charge on any atom is 0.258 e. The number of hydrogen-bond donors (Lipinski definition) is 0. The van der Waals surface area contributed by atoms with Crippen LogP contribution in [0.5, 0.6) is 11.5 Å². The lowest BCUT2D eigenvalue weighted by Crippen LogP contribution is -1.85. The van der Waals surface area contributed by atoms with Gasteiger partial charge in [0.25, 0.3) is 5.89 Å². The van der Waals surface area contributed by atoms with Gasteiger partial charge in [-0.05, 0) is 59.8 Å². The van der Waals surface area contributed by atoms with Crippen LogP contribution in [0.3, 0.4) is 0 Å². The van der Waals surface area contributed by atoms with E-state index in [2.05, 4.69) is 28.5 Å². The number of aryl methyl sites for hydroxylation is 1. The Labute approximate surface area is 149 Å². The van der Waals surface area contributed by atoms with Crippen LogP contribution in [0.1, 0.15) is 12.5 Å². The lowest BCUT2D eigenvalue weighted by Gasteiger charge is -2.05. The van der Waals surface area contributed by atoms with E-state index in [4.69, 9.17) is 9.26 Å². The van der Waals surface area contributed by atoms with Crippen LogP contribution >= 0.6 is 11.3 Å². The molecule has 2 heterocycles. The van der Waals surface area contributed by atoms with Gasteiger partial charge in [0, 0.05) is 5.56 Å². The molecule has 5 heteroatoms. The molecule has 4 nitrogen and oxygen atoms in total. The number of rotatable bonds is 5. The first-order valence-corrected chi connectivity index (χ1v) is 8.95. The molecule has 2 aromatic heterocycles. The second-order valence-electron chi connectivity index (χ2n) is 5.49. The van der Waals surface area contributed by atoms with Crippen molar-refractivity contribution in [2.45, 2.75) is 13.3 Å². The van der Waals surface area contributed by atoms with Crippen LogP contribution in [0, 0.1) is 0 Å². The van der Waals surface area contributed by atoms with Gasteiger partial charge in [0.15, 0.2) is 0 Å². The van der Waals surface area contributed by atoms with E-state index < -0.39 is 0 Å². The number of benzene rings is 2. The summed E-state index contributed by atoms with van der Waals surface area (Å²) in [4.78, 5) is 5.61. The molecule has 25 heavy (non-hydrogen) atoms. The van der Waals surface area contributed by atoms with Gasteiger partial charge in [-0.2, -0.15) is 4.98 Å². The smallest absolute Gasteiger partial charge is 0.258 e. The molecule has 0 radical (unpaired) electrons. The summed E-state index contributed by atoms with van der Waals surface area (Å²) in [7, 11) is 0. The van der Waals surface area contributed by atoms with Gasteiger partial charge in [0.1, 0.15) is 11.5 Å². The quantitative estimate of drug-likeness (QED) is 0.456. The van der Waals surface area contributed by atoms with Crippen molar-refractivity contribution in [3.05, 3.63) is 71.6 Å². The fourth-order valence-corrected chi connectivity index (χ4v) is 3.45. The molecule has 0 aliphatic rings. The third-order valence-corrected chi connectivity index (χ3v) is 4.79. The molecule has 0 N–H and O–H groups in total. The van der Waals surface area contributed by atoms with Crippen LogP contribution in [-0.4, -0.2) is 10.1 Å². The van der Waals surface area contributed by atoms with Crippen LogP contribution in [-0.2, 0) is 6.42 Å². The minimum Gasteiger partial charge on any atom is -0.457 e. The van der Waals surface area contributed by atoms with Gasteiger partial charge in [-0.15, -0.1) is 11.3 Å². The minimum atomic E-state index is 0.511. The fourth-order valence-electron chi connectivity index (χ4n) is 2.53. The van der Waals surface area contributed by atoms with Crippen LogP contribution in [0.15, 0.2) is 70.6 Å². The van der Waals surface area contributed by atoms with Gasteiger partial charge in [0.2, 0.25) is 5.82 Å². The van der Waals surface area contributed by atoms with Crippen LogP contribution in [0.4, 0.5) is 0 Å². The van der Waals surface area contributed by atoms with Gasteiger partial charge in [-0.25, -0.2) is 0 Å². The standard InChI is InChI=1S/C20H16N2O2S/c1-2-14-12-13-25-18(14)19-21-20(24-22-19)15-8-10-17(11-9-15)23-16-6-4-3-5-7-16/h3-13H,2H2,1H3. The van der Waals surface area contributed by atoms with Crippen LogP contribution in [0.25, 0.3) is 22.2 Å². The fraction of sp³-hybridized carbons (Fsp3) is 0.100. The Balaban J connectivity index is 1.55. The summed E-state index contributed by atoms with van der Waals surface area (Å²) in [5, 5.41) is 6.18. The van der Waals surface area contributed by atoms with Crippen molar-refractivity contribution >= 4 is 11.3 Å². The van der Waals surface area contributed by atoms with Crippen molar-refractivity contribution in [3.63, 3.8) is 0 Å². The Bertz CT molecular complexity index is 959. The van der Waals surface area contributed by atoms with E-state index in [0.29, 0.717) is 11.7 Å². The van der Waals surface area contributed by atoms with E-state index in [1.165, 1.54) is 5.56 Å². The Morgan fingerprint density at radius 2 is 1.72 bits per heavy atom. The molecule has 0 saturated heterocycles. The van der Waals surface area contributed by atoms with Gasteiger partial charge < -0.3 is 9.26 Å². The summed E-state index contributed by atoms with van der Waals surface area (Å²) in [6.07, 6.45) is 0.953. The summed E-state index contributed by atoms with van der Waals surface area (Å²) in [6, 6.07) is 19.4. The maximum absolute atomic E-state index is 5.80. The van der Waals surface area contributed by atoms with Crippen molar-refractivity contribution < 1.29 is 9.26 Å². The van der Waals surface area contributed by atoms with E-state index in [1.807, 2.05) is 54.6 Å². The largest absolute Gasteiger partial charge is 0.457 e. The molecule has 0 atom stereocenters. The molecule has 0 bridgehead atoms. The number of thiophene rings is 1. The summed E-state index contributed by atoms with van der Waals surface area (Å²) in [5.74, 6) is 2.73. The predicted molar refractivity (Wildman–Crippen MR) is 98.9 cm³/mol. The summed E-state index contributed by atoms with van der Waals surface area (Å²) in [6.45, 7) is 2.12. The molecular weight excluding hydrogens is 332 g/mol. The van der Waals surface area contributed by atoms with Gasteiger partial charge in [-0.1, -0.05) is 30.3 Å². The number of nitrogens with zero attached hydrogens (tertiary/aromatic N) is 2. The topological polar surface area (TPSA) is 48.2 Å². The lowest BCUT2D eigenvalue weighted by molar-refractivity contribution is 0.432. The zero-order chi connectivity index (χ0) is 17.1. The first kappa shape index (κ1) is 15.6. The van der Waals surface area contributed by atoms with Crippen molar-refractivity contribution in [1.29, 1.82) is 0 Å². The molecule has 4 aromatic rings. The van der Waals surface area contributed by atoms with Crippen molar-refractivity contribution in [2.24, 2.45) is 0 Å². The molecule has 0 aliphatic heterocycles. The second-order valence-corrected chi connectivity index (χ2v) is 6.41. The zero-order valence-corrected chi connectivity index (χ0v) is 14.5. The minimum absolute atomic E-state index is 0.511. The van der Waals surface area contributed by atoms with E-state index >= 15 is 0 Å². The molecule has 0 unspecified atom stereocenters.